The van der Waals surface area contributed by atoms with Crippen LogP contribution in [0.4, 0.5) is 11.4 Å². The quantitative estimate of drug-likeness (QED) is 0.260. The third kappa shape index (κ3) is 2.80. The molecule has 9 heteroatoms. The van der Waals surface area contributed by atoms with Crippen molar-refractivity contribution in [2.75, 3.05) is 4.90 Å². The molecule has 0 N–H and O–H groups in total. The van der Waals surface area contributed by atoms with Crippen molar-refractivity contribution in [1.82, 2.24) is 4.90 Å². The van der Waals surface area contributed by atoms with Gasteiger partial charge < -0.3 is 0 Å². The van der Waals surface area contributed by atoms with Crippen LogP contribution >= 0.6 is 11.6 Å². The topological polar surface area (TPSA) is 101 Å². The van der Waals surface area contributed by atoms with Gasteiger partial charge in [-0.2, -0.15) is 0 Å². The monoisotopic (exact) mass is 447 g/mol. The van der Waals surface area contributed by atoms with Crippen LogP contribution in [0, 0.1) is 10.1 Å². The number of hydrogen-bond donors (Lipinski definition) is 0. The first-order valence-corrected chi connectivity index (χ1v) is 10.1. The summed E-state index contributed by atoms with van der Waals surface area (Å²) in [4.78, 5) is 52.5. The highest BCUT2D eigenvalue weighted by molar-refractivity contribution is 6.34. The second-order valence-electron chi connectivity index (χ2n) is 7.43. The van der Waals surface area contributed by atoms with E-state index in [0.717, 1.165) is 4.90 Å². The fourth-order valence-corrected chi connectivity index (χ4v) is 4.48. The summed E-state index contributed by atoms with van der Waals surface area (Å²) in [6.45, 7) is 0. The number of fused-ring (bicyclic) bond motifs is 1. The van der Waals surface area contributed by atoms with Gasteiger partial charge >= 0.3 is 0 Å². The molecule has 2 unspecified atom stereocenters. The van der Waals surface area contributed by atoms with Crippen molar-refractivity contribution in [2.24, 2.45) is 0 Å². The van der Waals surface area contributed by atoms with E-state index in [1.54, 1.807) is 42.5 Å². The maximum atomic E-state index is 13.3. The van der Waals surface area contributed by atoms with E-state index in [9.17, 15) is 24.5 Å². The summed E-state index contributed by atoms with van der Waals surface area (Å²) in [6.07, 6.45) is 0. The molecule has 158 valence electrons. The lowest BCUT2D eigenvalue weighted by atomic mass is 9.86. The Morgan fingerprint density at radius 2 is 1.41 bits per heavy atom. The number of carbonyl (C=O) groups excluding carboxylic acids is 3. The average Bonchev–Trinajstić information content (AvgIpc) is 3.04. The summed E-state index contributed by atoms with van der Waals surface area (Å²) in [5.74, 6) is -1.64. The van der Waals surface area contributed by atoms with Gasteiger partial charge in [0.15, 0.2) is 0 Å². The number of rotatable bonds is 4. The molecule has 1 saturated heterocycles. The van der Waals surface area contributed by atoms with Crippen molar-refractivity contribution in [3.05, 3.63) is 105 Å². The first kappa shape index (κ1) is 19.9. The Morgan fingerprint density at radius 1 is 0.781 bits per heavy atom. The molecule has 2 heterocycles. The standard InChI is InChI=1S/C23H14ClN3O5/c24-17-10-3-4-11-18(17)25-19(13-6-5-7-14(12-13)27(31)32)20(23(25)30)26-21(28)15-8-1-2-9-16(15)22(26)29/h1-12,19-20H. The van der Waals surface area contributed by atoms with E-state index in [2.05, 4.69) is 0 Å². The molecule has 0 spiro atoms. The van der Waals surface area contributed by atoms with Crippen molar-refractivity contribution in [1.29, 1.82) is 0 Å². The number of halogens is 1. The molecule has 3 aromatic rings. The highest BCUT2D eigenvalue weighted by Gasteiger charge is 2.57. The zero-order chi connectivity index (χ0) is 22.6. The van der Waals surface area contributed by atoms with Crippen LogP contribution in [0.25, 0.3) is 0 Å². The van der Waals surface area contributed by atoms with Crippen LogP contribution < -0.4 is 4.90 Å². The molecule has 0 aliphatic carbocycles. The van der Waals surface area contributed by atoms with Crippen LogP contribution in [0.1, 0.15) is 32.3 Å². The molecule has 3 aromatic carbocycles. The minimum absolute atomic E-state index is 0.165. The zero-order valence-corrected chi connectivity index (χ0v) is 17.1. The Bertz CT molecular complexity index is 1290. The van der Waals surface area contributed by atoms with Crippen molar-refractivity contribution >= 4 is 40.7 Å². The Labute approximate surface area is 186 Å². The van der Waals surface area contributed by atoms with E-state index < -0.39 is 34.7 Å². The predicted molar refractivity (Wildman–Crippen MR) is 116 cm³/mol. The number of nitro groups is 1. The number of amides is 3. The van der Waals surface area contributed by atoms with E-state index in [0.29, 0.717) is 16.3 Å². The van der Waals surface area contributed by atoms with E-state index >= 15 is 0 Å². The minimum atomic E-state index is -1.15. The van der Waals surface area contributed by atoms with Gasteiger partial charge in [0, 0.05) is 12.1 Å². The van der Waals surface area contributed by atoms with Crippen LogP contribution in [0.2, 0.25) is 5.02 Å². The van der Waals surface area contributed by atoms with Gasteiger partial charge in [-0.1, -0.05) is 48.0 Å². The third-order valence-electron chi connectivity index (χ3n) is 5.71. The number of imide groups is 1. The summed E-state index contributed by atoms with van der Waals surface area (Å²) in [7, 11) is 0. The van der Waals surface area contributed by atoms with Crippen LogP contribution in [0.3, 0.4) is 0 Å². The zero-order valence-electron chi connectivity index (χ0n) is 16.3. The lowest BCUT2D eigenvalue weighted by Crippen LogP contribution is -2.67. The number of β-lactam (4-membered cyclic amide) rings is 1. The van der Waals surface area contributed by atoms with Gasteiger partial charge in [0.1, 0.15) is 6.04 Å². The maximum Gasteiger partial charge on any atom is 0.269 e. The van der Waals surface area contributed by atoms with Gasteiger partial charge in [-0.3, -0.25) is 34.3 Å². The number of para-hydroxylation sites is 1. The summed E-state index contributed by atoms with van der Waals surface area (Å²) in [5, 5.41) is 11.6. The average molecular weight is 448 g/mol. The number of hydrogen-bond acceptors (Lipinski definition) is 5. The highest BCUT2D eigenvalue weighted by Crippen LogP contribution is 2.46. The Balaban J connectivity index is 1.63. The molecule has 0 radical (unpaired) electrons. The normalized spacial score (nSPS) is 19.7. The van der Waals surface area contributed by atoms with Gasteiger partial charge in [-0.25, -0.2) is 0 Å². The second-order valence-corrected chi connectivity index (χ2v) is 7.83. The summed E-state index contributed by atoms with van der Waals surface area (Å²) >= 11 is 6.32. The van der Waals surface area contributed by atoms with Crippen LogP contribution in [0.5, 0.6) is 0 Å². The van der Waals surface area contributed by atoms with Crippen molar-refractivity contribution < 1.29 is 19.3 Å². The number of non-ortho nitro benzene ring substituents is 1. The molecule has 0 saturated carbocycles. The molecule has 1 fully saturated rings. The van der Waals surface area contributed by atoms with Gasteiger partial charge in [0.05, 0.1) is 32.8 Å². The van der Waals surface area contributed by atoms with Crippen molar-refractivity contribution in [2.45, 2.75) is 12.1 Å². The molecular weight excluding hydrogens is 434 g/mol. The minimum Gasteiger partial charge on any atom is -0.299 e. The van der Waals surface area contributed by atoms with Crippen LogP contribution in [-0.4, -0.2) is 33.6 Å². The molecule has 3 amide bonds. The fourth-order valence-electron chi connectivity index (χ4n) is 4.26. The van der Waals surface area contributed by atoms with Gasteiger partial charge in [0.25, 0.3) is 23.4 Å². The molecule has 2 atom stereocenters. The smallest absolute Gasteiger partial charge is 0.269 e. The number of anilines is 1. The number of nitro benzene ring substituents is 1. The lowest BCUT2D eigenvalue weighted by Gasteiger charge is -2.49. The number of carbonyl (C=O) groups is 3. The van der Waals surface area contributed by atoms with Crippen LogP contribution in [-0.2, 0) is 4.79 Å². The largest absolute Gasteiger partial charge is 0.299 e. The van der Waals surface area contributed by atoms with Gasteiger partial charge in [0.2, 0.25) is 0 Å². The highest BCUT2D eigenvalue weighted by atomic mass is 35.5. The molecule has 32 heavy (non-hydrogen) atoms. The molecule has 0 bridgehead atoms. The predicted octanol–water partition coefficient (Wildman–Crippen LogP) is 4.00. The Morgan fingerprint density at radius 3 is 2.03 bits per heavy atom. The van der Waals surface area contributed by atoms with E-state index in [-0.39, 0.29) is 16.8 Å². The van der Waals surface area contributed by atoms with Crippen molar-refractivity contribution in [3.8, 4) is 0 Å². The van der Waals surface area contributed by atoms with Crippen LogP contribution in [0.15, 0.2) is 72.8 Å². The summed E-state index contributed by atoms with van der Waals surface area (Å²) < 4.78 is 0. The second kappa shape index (κ2) is 7.28. The molecule has 5 rings (SSSR count). The molecule has 2 aliphatic heterocycles. The summed E-state index contributed by atoms with van der Waals surface area (Å²) in [6, 6.07) is 16.8. The molecule has 0 aromatic heterocycles. The lowest BCUT2D eigenvalue weighted by molar-refractivity contribution is -0.384. The first-order chi connectivity index (χ1) is 15.4. The molecule has 2 aliphatic rings. The summed E-state index contributed by atoms with van der Waals surface area (Å²) in [5.41, 5.74) is 1.09. The molecule has 8 nitrogen and oxygen atoms in total. The fraction of sp³-hybridized carbons (Fsp3) is 0.0870. The van der Waals surface area contributed by atoms with Gasteiger partial charge in [-0.15, -0.1) is 0 Å². The van der Waals surface area contributed by atoms with Crippen molar-refractivity contribution in [3.63, 3.8) is 0 Å². The Hall–Kier alpha value is -4.04. The Kier molecular flexibility index (Phi) is 4.53. The SMILES string of the molecule is O=C1c2ccccc2C(=O)N1C1C(=O)N(c2ccccc2Cl)C1c1cccc([N+](=O)[O-])c1. The van der Waals surface area contributed by atoms with Gasteiger partial charge in [-0.05, 0) is 29.8 Å². The van der Waals surface area contributed by atoms with E-state index in [4.69, 9.17) is 11.6 Å². The maximum absolute atomic E-state index is 13.3. The third-order valence-corrected chi connectivity index (χ3v) is 6.03. The number of nitrogens with zero attached hydrogens (tertiary/aromatic N) is 3. The number of benzene rings is 3. The van der Waals surface area contributed by atoms with E-state index in [1.807, 2.05) is 0 Å². The van der Waals surface area contributed by atoms with E-state index in [1.165, 1.54) is 35.2 Å². The first-order valence-electron chi connectivity index (χ1n) is 9.69. The molecular formula is C23H14ClN3O5.